The molecule has 2 atom stereocenters. The first-order valence-corrected chi connectivity index (χ1v) is 5.04. The minimum Gasteiger partial charge on any atom is -0.377 e. The molecule has 2 N–H and O–H groups in total. The molecule has 0 radical (unpaired) electrons. The second-order valence-corrected chi connectivity index (χ2v) is 3.99. The summed E-state index contributed by atoms with van der Waals surface area (Å²) in [6.07, 6.45) is 0. The van der Waals surface area contributed by atoms with Crippen LogP contribution in [0, 0.1) is 5.82 Å². The number of halogens is 1. The Morgan fingerprint density at radius 2 is 1.93 bits per heavy atom. The van der Waals surface area contributed by atoms with Crippen LogP contribution in [0.1, 0.15) is 25.3 Å². The highest BCUT2D eigenvalue weighted by Crippen LogP contribution is 2.29. The highest BCUT2D eigenvalue weighted by atomic mass is 19.1. The Labute approximate surface area is 90.2 Å². The highest BCUT2D eigenvalue weighted by Gasteiger charge is 2.30. The van der Waals surface area contributed by atoms with Gasteiger partial charge in [-0.3, -0.25) is 0 Å². The van der Waals surface area contributed by atoms with Gasteiger partial charge in [-0.05, 0) is 24.6 Å². The van der Waals surface area contributed by atoms with Crippen LogP contribution < -0.4 is 5.73 Å². The van der Waals surface area contributed by atoms with Gasteiger partial charge in [0.1, 0.15) is 5.82 Å². The van der Waals surface area contributed by atoms with Crippen LogP contribution in [0.25, 0.3) is 0 Å². The smallest absolute Gasteiger partial charge is 0.123 e. The molecule has 0 aliphatic carbocycles. The van der Waals surface area contributed by atoms with Gasteiger partial charge in [0.15, 0.2) is 0 Å². The van der Waals surface area contributed by atoms with Crippen LogP contribution in [0.15, 0.2) is 24.3 Å². The van der Waals surface area contributed by atoms with Crippen molar-refractivity contribution >= 4 is 0 Å². The number of methoxy groups -OCH3 is 1. The van der Waals surface area contributed by atoms with Crippen molar-refractivity contribution in [1.82, 2.24) is 0 Å². The van der Waals surface area contributed by atoms with E-state index >= 15 is 0 Å². The quantitative estimate of drug-likeness (QED) is 0.829. The van der Waals surface area contributed by atoms with Crippen LogP contribution >= 0.6 is 0 Å². The molecule has 2 unspecified atom stereocenters. The minimum absolute atomic E-state index is 0.132. The lowest BCUT2D eigenvalue weighted by Crippen LogP contribution is -2.41. The molecule has 1 aromatic rings. The van der Waals surface area contributed by atoms with E-state index in [2.05, 4.69) is 0 Å². The van der Waals surface area contributed by atoms with Gasteiger partial charge in [-0.25, -0.2) is 4.39 Å². The molecule has 15 heavy (non-hydrogen) atoms. The molecular weight excluding hydrogens is 193 g/mol. The number of hydrogen-bond donors (Lipinski definition) is 1. The standard InChI is InChI=1S/C12H18FNO/c1-9(12(2,8-14)15-3)10-4-6-11(13)7-5-10/h4-7,9H,8,14H2,1-3H3. The molecule has 0 amide bonds. The van der Waals surface area contributed by atoms with E-state index in [9.17, 15) is 4.39 Å². The first kappa shape index (κ1) is 12.1. The number of nitrogens with two attached hydrogens (primary N) is 1. The maximum atomic E-state index is 12.8. The summed E-state index contributed by atoms with van der Waals surface area (Å²) in [6, 6.07) is 6.46. The lowest BCUT2D eigenvalue weighted by Gasteiger charge is -2.33. The molecule has 0 fully saturated rings. The molecule has 0 aliphatic rings. The van der Waals surface area contributed by atoms with Crippen LogP contribution in [-0.2, 0) is 4.74 Å². The summed E-state index contributed by atoms with van der Waals surface area (Å²) in [4.78, 5) is 0. The van der Waals surface area contributed by atoms with Gasteiger partial charge in [-0.1, -0.05) is 19.1 Å². The van der Waals surface area contributed by atoms with Crippen molar-refractivity contribution in [2.45, 2.75) is 25.4 Å². The number of rotatable bonds is 4. The van der Waals surface area contributed by atoms with E-state index in [1.807, 2.05) is 13.8 Å². The van der Waals surface area contributed by atoms with Crippen molar-refractivity contribution in [3.63, 3.8) is 0 Å². The van der Waals surface area contributed by atoms with E-state index < -0.39 is 5.60 Å². The van der Waals surface area contributed by atoms with E-state index in [0.717, 1.165) is 5.56 Å². The molecule has 0 aromatic heterocycles. The van der Waals surface area contributed by atoms with Gasteiger partial charge in [0.25, 0.3) is 0 Å². The van der Waals surface area contributed by atoms with E-state index in [4.69, 9.17) is 10.5 Å². The number of ether oxygens (including phenoxy) is 1. The Kier molecular flexibility index (Phi) is 3.83. The molecule has 84 valence electrons. The lowest BCUT2D eigenvalue weighted by atomic mass is 9.85. The van der Waals surface area contributed by atoms with Gasteiger partial charge in [-0.15, -0.1) is 0 Å². The topological polar surface area (TPSA) is 35.2 Å². The summed E-state index contributed by atoms with van der Waals surface area (Å²) >= 11 is 0. The van der Waals surface area contributed by atoms with Crippen molar-refractivity contribution in [1.29, 1.82) is 0 Å². The average molecular weight is 211 g/mol. The van der Waals surface area contributed by atoms with Crippen molar-refractivity contribution in [2.75, 3.05) is 13.7 Å². The average Bonchev–Trinajstić information content (AvgIpc) is 2.28. The van der Waals surface area contributed by atoms with Gasteiger partial charge in [0.2, 0.25) is 0 Å². The predicted molar refractivity (Wildman–Crippen MR) is 59.3 cm³/mol. The van der Waals surface area contributed by atoms with Gasteiger partial charge < -0.3 is 10.5 Å². The van der Waals surface area contributed by atoms with Gasteiger partial charge in [-0.2, -0.15) is 0 Å². The summed E-state index contributed by atoms with van der Waals surface area (Å²) < 4.78 is 18.2. The summed E-state index contributed by atoms with van der Waals surface area (Å²) in [5.41, 5.74) is 6.32. The number of benzene rings is 1. The maximum absolute atomic E-state index is 12.8. The molecule has 3 heteroatoms. The zero-order valence-corrected chi connectivity index (χ0v) is 9.46. The fourth-order valence-electron chi connectivity index (χ4n) is 1.54. The van der Waals surface area contributed by atoms with Crippen LogP contribution in [0.3, 0.4) is 0 Å². The largest absolute Gasteiger partial charge is 0.377 e. The zero-order chi connectivity index (χ0) is 11.5. The monoisotopic (exact) mass is 211 g/mol. The fourth-order valence-corrected chi connectivity index (χ4v) is 1.54. The second kappa shape index (κ2) is 4.73. The Morgan fingerprint density at radius 1 is 1.40 bits per heavy atom. The van der Waals surface area contributed by atoms with Gasteiger partial charge in [0.05, 0.1) is 5.60 Å². The Bertz CT molecular complexity index is 306. The Morgan fingerprint density at radius 3 is 2.33 bits per heavy atom. The summed E-state index contributed by atoms with van der Waals surface area (Å²) in [6.45, 7) is 4.42. The van der Waals surface area contributed by atoms with Crippen LogP contribution in [-0.4, -0.2) is 19.3 Å². The normalized spacial score (nSPS) is 17.1. The second-order valence-electron chi connectivity index (χ2n) is 3.99. The molecular formula is C12H18FNO. The Balaban J connectivity index is 2.92. The molecule has 0 spiro atoms. The zero-order valence-electron chi connectivity index (χ0n) is 9.46. The van der Waals surface area contributed by atoms with Gasteiger partial charge >= 0.3 is 0 Å². The van der Waals surface area contributed by atoms with Crippen LogP contribution in [0.2, 0.25) is 0 Å². The first-order chi connectivity index (χ1) is 7.03. The SMILES string of the molecule is COC(C)(CN)C(C)c1ccc(F)cc1. The molecule has 0 bridgehead atoms. The predicted octanol–water partition coefficient (Wildman–Crippen LogP) is 2.29. The third-order valence-electron chi connectivity index (χ3n) is 3.16. The minimum atomic E-state index is -0.405. The van der Waals surface area contributed by atoms with Crippen molar-refractivity contribution < 1.29 is 9.13 Å². The third kappa shape index (κ3) is 2.55. The van der Waals surface area contributed by atoms with Crippen LogP contribution in [0.4, 0.5) is 4.39 Å². The number of hydrogen-bond acceptors (Lipinski definition) is 2. The summed E-state index contributed by atoms with van der Waals surface area (Å²) in [5.74, 6) is -0.0917. The van der Waals surface area contributed by atoms with E-state index in [1.54, 1.807) is 19.2 Å². The maximum Gasteiger partial charge on any atom is 0.123 e. The fraction of sp³-hybridized carbons (Fsp3) is 0.500. The van der Waals surface area contributed by atoms with Crippen molar-refractivity contribution in [2.24, 2.45) is 5.73 Å². The van der Waals surface area contributed by atoms with Gasteiger partial charge in [0, 0.05) is 19.6 Å². The van der Waals surface area contributed by atoms with E-state index in [-0.39, 0.29) is 11.7 Å². The van der Waals surface area contributed by atoms with E-state index in [0.29, 0.717) is 6.54 Å². The third-order valence-corrected chi connectivity index (χ3v) is 3.16. The molecule has 1 aromatic carbocycles. The highest BCUT2D eigenvalue weighted by molar-refractivity contribution is 5.22. The van der Waals surface area contributed by atoms with Crippen LogP contribution in [0.5, 0.6) is 0 Å². The lowest BCUT2D eigenvalue weighted by molar-refractivity contribution is -0.00535. The molecule has 0 aliphatic heterocycles. The molecule has 2 nitrogen and oxygen atoms in total. The first-order valence-electron chi connectivity index (χ1n) is 5.04. The molecule has 0 saturated heterocycles. The molecule has 1 rings (SSSR count). The Hall–Kier alpha value is -0.930. The summed E-state index contributed by atoms with van der Waals surface area (Å²) in [7, 11) is 1.65. The summed E-state index contributed by atoms with van der Waals surface area (Å²) in [5, 5.41) is 0. The molecule has 0 saturated carbocycles. The molecule has 0 heterocycles. The van der Waals surface area contributed by atoms with Crippen molar-refractivity contribution in [3.8, 4) is 0 Å². The van der Waals surface area contributed by atoms with E-state index in [1.165, 1.54) is 12.1 Å². The van der Waals surface area contributed by atoms with Crippen molar-refractivity contribution in [3.05, 3.63) is 35.6 Å².